The summed E-state index contributed by atoms with van der Waals surface area (Å²) in [6.07, 6.45) is -4.78. The van der Waals surface area contributed by atoms with Crippen molar-refractivity contribution in [2.45, 2.75) is 13.1 Å². The van der Waals surface area contributed by atoms with Crippen LogP contribution in [-0.2, 0) is 6.18 Å². The van der Waals surface area contributed by atoms with Gasteiger partial charge in [-0.3, -0.25) is 0 Å². The Labute approximate surface area is 71.0 Å². The van der Waals surface area contributed by atoms with Gasteiger partial charge >= 0.3 is 6.18 Å². The van der Waals surface area contributed by atoms with Gasteiger partial charge in [-0.1, -0.05) is 0 Å². The van der Waals surface area contributed by atoms with E-state index in [2.05, 4.69) is 0 Å². The maximum absolute atomic E-state index is 12.8. The minimum absolute atomic E-state index is 0.387. The van der Waals surface area contributed by atoms with E-state index in [4.69, 9.17) is 0 Å². The molecule has 0 radical (unpaired) electrons. The molecule has 0 bridgehead atoms. The van der Waals surface area contributed by atoms with Gasteiger partial charge in [0.2, 0.25) is 0 Å². The monoisotopic (exact) mass is 196 g/mol. The lowest BCUT2D eigenvalue weighted by molar-refractivity contribution is -0.140. The van der Waals surface area contributed by atoms with E-state index < -0.39 is 28.9 Å². The van der Waals surface area contributed by atoms with Crippen molar-refractivity contribution in [3.8, 4) is 0 Å². The van der Waals surface area contributed by atoms with Crippen molar-refractivity contribution in [3.63, 3.8) is 0 Å². The molecule has 0 aliphatic heterocycles. The summed E-state index contributed by atoms with van der Waals surface area (Å²) in [5, 5.41) is 0. The van der Waals surface area contributed by atoms with Gasteiger partial charge in [0.05, 0.1) is 5.56 Å². The van der Waals surface area contributed by atoms with Crippen LogP contribution in [0.25, 0.3) is 0 Å². The van der Waals surface area contributed by atoms with E-state index in [-0.39, 0.29) is 0 Å². The fourth-order valence-electron chi connectivity index (χ4n) is 0.880. The van der Waals surface area contributed by atoms with Crippen LogP contribution in [0.3, 0.4) is 0 Å². The Bertz CT molecular complexity index is 326. The molecule has 0 amide bonds. The molecule has 72 valence electrons. The Morgan fingerprint density at radius 1 is 1.08 bits per heavy atom. The zero-order valence-electron chi connectivity index (χ0n) is 6.54. The lowest BCUT2D eigenvalue weighted by Gasteiger charge is -2.09. The van der Waals surface area contributed by atoms with Crippen molar-refractivity contribution in [1.29, 1.82) is 0 Å². The zero-order chi connectivity index (χ0) is 10.2. The molecule has 0 spiro atoms. The summed E-state index contributed by atoms with van der Waals surface area (Å²) in [6, 6.07) is 0.985. The predicted octanol–water partition coefficient (Wildman–Crippen LogP) is 3.29. The number of alkyl halides is 3. The van der Waals surface area contributed by atoms with E-state index in [9.17, 15) is 22.0 Å². The standard InChI is InChI=1S/C8H5F5/c1-4-6(9)3-2-5(7(4)10)8(11,12)13/h2-3H,1H3. The number of hydrogen-bond donors (Lipinski definition) is 0. The highest BCUT2D eigenvalue weighted by atomic mass is 19.4. The van der Waals surface area contributed by atoms with E-state index in [0.29, 0.717) is 12.1 Å². The summed E-state index contributed by atoms with van der Waals surface area (Å²) < 4.78 is 61.3. The first-order chi connectivity index (χ1) is 5.84. The summed E-state index contributed by atoms with van der Waals surface area (Å²) in [7, 11) is 0. The van der Waals surface area contributed by atoms with Gasteiger partial charge in [-0.2, -0.15) is 13.2 Å². The van der Waals surface area contributed by atoms with Gasteiger partial charge in [0.25, 0.3) is 0 Å². The highest BCUT2D eigenvalue weighted by molar-refractivity contribution is 5.28. The van der Waals surface area contributed by atoms with Crippen molar-refractivity contribution in [2.75, 3.05) is 0 Å². The van der Waals surface area contributed by atoms with Crippen LogP contribution < -0.4 is 0 Å². The van der Waals surface area contributed by atoms with Crippen molar-refractivity contribution in [3.05, 3.63) is 34.9 Å². The SMILES string of the molecule is Cc1c(F)ccc(C(F)(F)F)c1F. The van der Waals surface area contributed by atoms with E-state index in [1.807, 2.05) is 0 Å². The van der Waals surface area contributed by atoms with Crippen molar-refractivity contribution >= 4 is 0 Å². The second-order valence-electron chi connectivity index (χ2n) is 2.53. The van der Waals surface area contributed by atoms with Gasteiger partial charge < -0.3 is 0 Å². The normalized spacial score (nSPS) is 11.8. The molecule has 0 atom stereocenters. The fraction of sp³-hybridized carbons (Fsp3) is 0.250. The molecule has 0 fully saturated rings. The summed E-state index contributed by atoms with van der Waals surface area (Å²) in [4.78, 5) is 0. The van der Waals surface area contributed by atoms with Gasteiger partial charge in [-0.25, -0.2) is 8.78 Å². The van der Waals surface area contributed by atoms with E-state index in [1.165, 1.54) is 0 Å². The third-order valence-electron chi connectivity index (χ3n) is 1.63. The molecule has 1 aromatic carbocycles. The third-order valence-corrected chi connectivity index (χ3v) is 1.63. The average molecular weight is 196 g/mol. The highest BCUT2D eigenvalue weighted by Crippen LogP contribution is 2.32. The Balaban J connectivity index is 3.35. The first kappa shape index (κ1) is 9.95. The minimum atomic E-state index is -4.78. The van der Waals surface area contributed by atoms with Crippen LogP contribution in [0.4, 0.5) is 22.0 Å². The van der Waals surface area contributed by atoms with Crippen LogP contribution in [-0.4, -0.2) is 0 Å². The maximum Gasteiger partial charge on any atom is 0.419 e. The molecule has 1 aromatic rings. The molecule has 0 aliphatic rings. The second kappa shape index (κ2) is 2.97. The minimum Gasteiger partial charge on any atom is -0.207 e. The van der Waals surface area contributed by atoms with Crippen molar-refractivity contribution < 1.29 is 22.0 Å². The predicted molar refractivity (Wildman–Crippen MR) is 36.1 cm³/mol. The number of benzene rings is 1. The summed E-state index contributed by atoms with van der Waals surface area (Å²) in [6.45, 7) is 0.958. The number of rotatable bonds is 0. The first-order valence-corrected chi connectivity index (χ1v) is 3.36. The molecule has 1 rings (SSSR count). The third kappa shape index (κ3) is 1.79. The quantitative estimate of drug-likeness (QED) is 0.558. The maximum atomic E-state index is 12.8. The zero-order valence-corrected chi connectivity index (χ0v) is 6.54. The molecule has 0 unspecified atom stereocenters. The molecular formula is C8H5F5. The highest BCUT2D eigenvalue weighted by Gasteiger charge is 2.34. The number of halogens is 5. The van der Waals surface area contributed by atoms with Crippen LogP contribution in [0.5, 0.6) is 0 Å². The van der Waals surface area contributed by atoms with E-state index in [0.717, 1.165) is 6.92 Å². The lowest BCUT2D eigenvalue weighted by atomic mass is 10.1. The van der Waals surface area contributed by atoms with Gasteiger partial charge in [0.1, 0.15) is 11.6 Å². The summed E-state index contributed by atoms with van der Waals surface area (Å²) >= 11 is 0. The topological polar surface area (TPSA) is 0 Å². The molecular weight excluding hydrogens is 191 g/mol. The Kier molecular flexibility index (Phi) is 2.28. The number of hydrogen-bond acceptors (Lipinski definition) is 0. The van der Waals surface area contributed by atoms with Crippen LogP contribution in [0.15, 0.2) is 12.1 Å². The Morgan fingerprint density at radius 3 is 2.08 bits per heavy atom. The smallest absolute Gasteiger partial charge is 0.207 e. The largest absolute Gasteiger partial charge is 0.419 e. The van der Waals surface area contributed by atoms with Gasteiger partial charge in [-0.15, -0.1) is 0 Å². The Morgan fingerprint density at radius 2 is 1.62 bits per heavy atom. The molecule has 0 saturated heterocycles. The lowest BCUT2D eigenvalue weighted by Crippen LogP contribution is -2.09. The Hall–Kier alpha value is -1.13. The second-order valence-corrected chi connectivity index (χ2v) is 2.53. The summed E-state index contributed by atoms with van der Waals surface area (Å²) in [5.41, 5.74) is -2.05. The molecule has 0 saturated carbocycles. The van der Waals surface area contributed by atoms with Gasteiger partial charge in [-0.05, 0) is 19.1 Å². The van der Waals surface area contributed by atoms with E-state index in [1.54, 1.807) is 0 Å². The summed E-state index contributed by atoms with van der Waals surface area (Å²) in [5.74, 6) is -2.53. The molecule has 0 heterocycles. The van der Waals surface area contributed by atoms with Gasteiger partial charge in [0, 0.05) is 5.56 Å². The van der Waals surface area contributed by atoms with Crippen LogP contribution in [0, 0.1) is 18.6 Å². The van der Waals surface area contributed by atoms with Crippen LogP contribution in [0.2, 0.25) is 0 Å². The average Bonchev–Trinajstić information content (AvgIpc) is 1.98. The molecule has 0 aromatic heterocycles. The van der Waals surface area contributed by atoms with Crippen LogP contribution >= 0.6 is 0 Å². The molecule has 5 heteroatoms. The van der Waals surface area contributed by atoms with E-state index >= 15 is 0 Å². The first-order valence-electron chi connectivity index (χ1n) is 3.36. The molecule has 13 heavy (non-hydrogen) atoms. The molecule has 0 aliphatic carbocycles. The van der Waals surface area contributed by atoms with Gasteiger partial charge in [0.15, 0.2) is 0 Å². The van der Waals surface area contributed by atoms with Crippen molar-refractivity contribution in [1.82, 2.24) is 0 Å². The molecule has 0 N–H and O–H groups in total. The molecule has 0 nitrogen and oxygen atoms in total. The van der Waals surface area contributed by atoms with Crippen molar-refractivity contribution in [2.24, 2.45) is 0 Å². The fourth-order valence-corrected chi connectivity index (χ4v) is 0.880. The van der Waals surface area contributed by atoms with Crippen LogP contribution in [0.1, 0.15) is 11.1 Å².